The van der Waals surface area contributed by atoms with Gasteiger partial charge in [0.1, 0.15) is 10.7 Å². The number of benzene rings is 2. The normalized spacial score (nSPS) is 17.6. The fourth-order valence-electron chi connectivity index (χ4n) is 4.70. The first-order valence-corrected chi connectivity index (χ1v) is 10.3. The van der Waals surface area contributed by atoms with E-state index in [9.17, 15) is 4.79 Å². The Morgan fingerprint density at radius 1 is 1.04 bits per heavy atom. The molecule has 1 atom stereocenters. The van der Waals surface area contributed by atoms with Crippen LogP contribution in [-0.4, -0.2) is 9.55 Å². The Bertz CT molecular complexity index is 1250. The van der Waals surface area contributed by atoms with Crippen LogP contribution in [0.1, 0.15) is 33.9 Å². The molecule has 2 aromatic heterocycles. The molecule has 6 rings (SSSR count). The van der Waals surface area contributed by atoms with Gasteiger partial charge in [0.15, 0.2) is 0 Å². The second-order valence-electron chi connectivity index (χ2n) is 7.52. The molecule has 0 amide bonds. The number of hydrogen-bond acceptors (Lipinski definition) is 3. The lowest BCUT2D eigenvalue weighted by Crippen LogP contribution is -2.15. The highest BCUT2D eigenvalue weighted by Gasteiger charge is 2.29. The van der Waals surface area contributed by atoms with E-state index < -0.39 is 0 Å². The topological polar surface area (TPSA) is 34.9 Å². The average Bonchev–Trinajstić information content (AvgIpc) is 3.27. The Morgan fingerprint density at radius 3 is 2.74 bits per heavy atom. The van der Waals surface area contributed by atoms with Crippen molar-refractivity contribution in [2.24, 2.45) is 0 Å². The lowest BCUT2D eigenvalue weighted by atomic mass is 9.83. The van der Waals surface area contributed by atoms with E-state index in [2.05, 4.69) is 58.1 Å². The largest absolute Gasteiger partial charge is 0.312 e. The highest BCUT2D eigenvalue weighted by molar-refractivity contribution is 7.19. The van der Waals surface area contributed by atoms with Crippen LogP contribution >= 0.6 is 11.3 Å². The number of hydrogen-bond donors (Lipinski definition) is 0. The molecule has 0 unspecified atom stereocenters. The van der Waals surface area contributed by atoms with Crippen LogP contribution in [0.3, 0.4) is 0 Å². The van der Waals surface area contributed by atoms with E-state index in [1.165, 1.54) is 21.6 Å². The van der Waals surface area contributed by atoms with Crippen molar-refractivity contribution in [3.05, 3.63) is 86.5 Å². The van der Waals surface area contributed by atoms with E-state index in [1.54, 1.807) is 0 Å². The third kappa shape index (κ3) is 2.20. The van der Waals surface area contributed by atoms with Gasteiger partial charge >= 0.3 is 0 Å². The fraction of sp³-hybridized carbons (Fsp3) is 0.217. The summed E-state index contributed by atoms with van der Waals surface area (Å²) in [4.78, 5) is 19.9. The summed E-state index contributed by atoms with van der Waals surface area (Å²) in [6, 6.07) is 19.1. The maximum atomic E-state index is 12.9. The number of aryl methyl sites for hydroxylation is 1. The van der Waals surface area contributed by atoms with E-state index in [-0.39, 0.29) is 5.56 Å². The summed E-state index contributed by atoms with van der Waals surface area (Å²) in [6.45, 7) is 0.816. The number of aromatic nitrogens is 2. The molecule has 132 valence electrons. The zero-order valence-corrected chi connectivity index (χ0v) is 15.6. The van der Waals surface area contributed by atoms with E-state index in [4.69, 9.17) is 0 Å². The highest BCUT2D eigenvalue weighted by atomic mass is 32.1. The van der Waals surface area contributed by atoms with Crippen molar-refractivity contribution in [2.45, 2.75) is 31.7 Å². The predicted octanol–water partition coefficient (Wildman–Crippen LogP) is 4.76. The van der Waals surface area contributed by atoms with Gasteiger partial charge in [-0.1, -0.05) is 54.6 Å². The van der Waals surface area contributed by atoms with E-state index >= 15 is 0 Å². The van der Waals surface area contributed by atoms with Crippen molar-refractivity contribution >= 4 is 21.6 Å². The van der Waals surface area contributed by atoms with Crippen LogP contribution in [0.5, 0.6) is 0 Å². The second-order valence-corrected chi connectivity index (χ2v) is 8.60. The molecule has 2 aromatic carbocycles. The molecular weight excluding hydrogens is 352 g/mol. The molecule has 0 spiro atoms. The monoisotopic (exact) mass is 370 g/mol. The van der Waals surface area contributed by atoms with Crippen LogP contribution in [0.4, 0.5) is 0 Å². The van der Waals surface area contributed by atoms with Crippen molar-refractivity contribution in [1.82, 2.24) is 9.55 Å². The van der Waals surface area contributed by atoms with Crippen molar-refractivity contribution in [3.8, 4) is 11.4 Å². The summed E-state index contributed by atoms with van der Waals surface area (Å²) in [5.41, 5.74) is 4.97. The van der Waals surface area contributed by atoms with Crippen LogP contribution in [0, 0.1) is 0 Å². The van der Waals surface area contributed by atoms with Gasteiger partial charge in [-0.05, 0) is 41.9 Å². The van der Waals surface area contributed by atoms with Gasteiger partial charge in [-0.15, -0.1) is 11.3 Å². The molecule has 1 aliphatic carbocycles. The van der Waals surface area contributed by atoms with Crippen LogP contribution < -0.4 is 5.56 Å². The summed E-state index contributed by atoms with van der Waals surface area (Å²) in [5.74, 6) is 1.38. The average molecular weight is 370 g/mol. The Morgan fingerprint density at radius 2 is 1.85 bits per heavy atom. The second kappa shape index (κ2) is 5.64. The minimum atomic E-state index is -0.0522. The number of nitrogens with zero attached hydrogens (tertiary/aromatic N) is 2. The van der Waals surface area contributed by atoms with Crippen LogP contribution in [-0.2, 0) is 19.4 Å². The van der Waals surface area contributed by atoms with Crippen LogP contribution in [0.15, 0.2) is 59.4 Å². The van der Waals surface area contributed by atoms with Gasteiger partial charge in [0.25, 0.3) is 5.56 Å². The summed E-state index contributed by atoms with van der Waals surface area (Å²) in [6.07, 6.45) is 3.10. The molecule has 4 heteroatoms. The first-order valence-electron chi connectivity index (χ1n) is 9.48. The maximum Gasteiger partial charge on any atom is 0.282 e. The maximum absolute atomic E-state index is 12.9. The fourth-order valence-corrected chi connectivity index (χ4v) is 6.12. The molecule has 0 fully saturated rings. The number of rotatable bonds is 1. The van der Waals surface area contributed by atoms with Crippen LogP contribution in [0.25, 0.3) is 21.6 Å². The molecule has 0 saturated heterocycles. The van der Waals surface area contributed by atoms with E-state index in [1.807, 2.05) is 17.4 Å². The smallest absolute Gasteiger partial charge is 0.282 e. The van der Waals surface area contributed by atoms with Crippen LogP contribution in [0.2, 0.25) is 0 Å². The molecule has 27 heavy (non-hydrogen) atoms. The molecule has 0 saturated carbocycles. The first kappa shape index (κ1) is 15.3. The zero-order valence-electron chi connectivity index (χ0n) is 14.8. The highest BCUT2D eigenvalue weighted by Crippen LogP contribution is 2.42. The van der Waals surface area contributed by atoms with Gasteiger partial charge in [-0.25, -0.2) is 0 Å². The molecule has 1 aliphatic heterocycles. The summed E-state index contributed by atoms with van der Waals surface area (Å²) in [7, 11) is 0. The van der Waals surface area contributed by atoms with Crippen molar-refractivity contribution < 1.29 is 0 Å². The minimum Gasteiger partial charge on any atom is -0.312 e. The summed E-state index contributed by atoms with van der Waals surface area (Å²) < 4.78 is 2.25. The van der Waals surface area contributed by atoms with Gasteiger partial charge in [0, 0.05) is 10.4 Å². The Hall–Kier alpha value is -2.72. The minimum absolute atomic E-state index is 0.0522. The Balaban J connectivity index is 1.52. The lowest BCUT2D eigenvalue weighted by molar-refractivity contribution is 0.595. The summed E-state index contributed by atoms with van der Waals surface area (Å²) in [5, 5.41) is 0.873. The molecule has 2 aliphatic rings. The van der Waals surface area contributed by atoms with E-state index in [0.29, 0.717) is 5.92 Å². The van der Waals surface area contributed by atoms with Gasteiger partial charge < -0.3 is 4.57 Å². The molecular formula is C23H18N2OS. The first-order chi connectivity index (χ1) is 13.3. The van der Waals surface area contributed by atoms with Gasteiger partial charge in [0.2, 0.25) is 0 Å². The molecule has 4 aromatic rings. The van der Waals surface area contributed by atoms with E-state index in [0.717, 1.165) is 47.4 Å². The van der Waals surface area contributed by atoms with Gasteiger partial charge in [-0.3, -0.25) is 4.79 Å². The van der Waals surface area contributed by atoms with Crippen molar-refractivity contribution in [3.63, 3.8) is 0 Å². The lowest BCUT2D eigenvalue weighted by Gasteiger charge is -2.22. The number of fused-ring (bicyclic) bond motifs is 7. The third-order valence-electron chi connectivity index (χ3n) is 6.03. The molecule has 0 N–H and O–H groups in total. The molecule has 3 nitrogen and oxygen atoms in total. The predicted molar refractivity (Wildman–Crippen MR) is 110 cm³/mol. The van der Waals surface area contributed by atoms with Gasteiger partial charge in [0.05, 0.1) is 11.9 Å². The standard InChI is InChI=1S/C23H18N2OS/c26-22-20-18-11-10-15(14-6-2-1-3-7-14)12-19(18)27-23(20)25-13-16-8-4-5-9-17(16)21(25)24-22/h1-9,15H,10-13H2/t15-/m0/s1. The third-order valence-corrected chi connectivity index (χ3v) is 7.30. The molecule has 3 heterocycles. The van der Waals surface area contributed by atoms with Crippen molar-refractivity contribution in [1.29, 1.82) is 0 Å². The summed E-state index contributed by atoms with van der Waals surface area (Å²) >= 11 is 1.81. The quantitative estimate of drug-likeness (QED) is 0.426. The zero-order chi connectivity index (χ0) is 18.0. The Kier molecular flexibility index (Phi) is 3.20. The SMILES string of the molecule is O=c1nc2n(c3sc4c(c13)CC[C@H](c1ccccc1)C4)Cc1ccccc1-2. The molecule has 0 bridgehead atoms. The van der Waals surface area contributed by atoms with Gasteiger partial charge in [-0.2, -0.15) is 4.98 Å². The number of thiophene rings is 1. The molecule has 0 radical (unpaired) electrons. The van der Waals surface area contributed by atoms with Crippen molar-refractivity contribution in [2.75, 3.05) is 0 Å². The Labute approximate surface area is 160 Å².